The van der Waals surface area contributed by atoms with Gasteiger partial charge in [0.05, 0.1) is 6.54 Å². The van der Waals surface area contributed by atoms with Crippen LogP contribution in [-0.2, 0) is 6.54 Å². The number of rotatable bonds is 8. The van der Waals surface area contributed by atoms with Gasteiger partial charge in [-0.05, 0) is 44.9 Å². The molecule has 0 aliphatic carbocycles. The van der Waals surface area contributed by atoms with E-state index in [-0.39, 0.29) is 36.1 Å². The summed E-state index contributed by atoms with van der Waals surface area (Å²) in [5.74, 6) is -0.0323. The van der Waals surface area contributed by atoms with Crippen molar-refractivity contribution in [1.82, 2.24) is 15.2 Å². The number of amides is 2. The molecular weight excluding hydrogens is 410 g/mol. The Morgan fingerprint density at radius 3 is 2.63 bits per heavy atom. The van der Waals surface area contributed by atoms with Crippen molar-refractivity contribution in [3.63, 3.8) is 0 Å². The summed E-state index contributed by atoms with van der Waals surface area (Å²) in [5.41, 5.74) is 0.815. The predicted molar refractivity (Wildman–Crippen MR) is 107 cm³/mol. The number of carbonyl (C=O) groups excluding carboxylic acids is 2. The molecule has 0 fully saturated rings. The minimum Gasteiger partial charge on any atom is -0.446 e. The Labute approximate surface area is 168 Å². The van der Waals surface area contributed by atoms with Crippen molar-refractivity contribution < 1.29 is 14.0 Å². The molecule has 0 aliphatic heterocycles. The fourth-order valence-electron chi connectivity index (χ4n) is 2.47. The molecule has 0 spiro atoms. The average Bonchev–Trinajstić information content (AvgIpc) is 3.13. The minimum absolute atomic E-state index is 0.000715. The molecular formula is C20H26BrN3O3. The van der Waals surface area contributed by atoms with Crippen LogP contribution in [-0.4, -0.2) is 33.8 Å². The first-order valence-corrected chi connectivity index (χ1v) is 9.96. The number of benzene rings is 1. The van der Waals surface area contributed by atoms with Crippen molar-refractivity contribution in [3.8, 4) is 0 Å². The van der Waals surface area contributed by atoms with E-state index in [0.29, 0.717) is 11.5 Å². The first-order valence-electron chi connectivity index (χ1n) is 9.17. The van der Waals surface area contributed by atoms with Gasteiger partial charge in [-0.15, -0.1) is 0 Å². The van der Waals surface area contributed by atoms with Gasteiger partial charge in [0.1, 0.15) is 6.26 Å². The highest BCUT2D eigenvalue weighted by atomic mass is 79.9. The number of nitrogens with one attached hydrogen (secondary N) is 1. The molecule has 1 heterocycles. The fraction of sp³-hybridized carbons (Fsp3) is 0.450. The summed E-state index contributed by atoms with van der Waals surface area (Å²) in [4.78, 5) is 31.1. The molecule has 2 amide bonds. The second-order valence-electron chi connectivity index (χ2n) is 6.61. The normalized spacial score (nSPS) is 13.1. The maximum atomic E-state index is 13.0. The first-order chi connectivity index (χ1) is 12.8. The third-order valence-corrected chi connectivity index (χ3v) is 5.03. The topological polar surface area (TPSA) is 75.4 Å². The van der Waals surface area contributed by atoms with Gasteiger partial charge in [-0.2, -0.15) is 0 Å². The fourth-order valence-corrected chi connectivity index (χ4v) is 2.87. The van der Waals surface area contributed by atoms with E-state index in [2.05, 4.69) is 26.2 Å². The van der Waals surface area contributed by atoms with E-state index in [4.69, 9.17) is 4.42 Å². The van der Waals surface area contributed by atoms with E-state index < -0.39 is 0 Å². The predicted octanol–water partition coefficient (Wildman–Crippen LogP) is 4.41. The van der Waals surface area contributed by atoms with Crippen LogP contribution in [0.2, 0.25) is 0 Å². The van der Waals surface area contributed by atoms with E-state index in [0.717, 1.165) is 17.3 Å². The SMILES string of the molecule is CCC(C)NC(=O)c1coc(CN(C(=O)c2cccc(Br)c2)C(C)CC)n1. The van der Waals surface area contributed by atoms with Gasteiger partial charge >= 0.3 is 0 Å². The maximum Gasteiger partial charge on any atom is 0.273 e. The number of carbonyl (C=O) groups is 2. The molecule has 1 aromatic carbocycles. The molecule has 1 aromatic heterocycles. The van der Waals surface area contributed by atoms with E-state index in [1.165, 1.54) is 6.26 Å². The lowest BCUT2D eigenvalue weighted by Gasteiger charge is -2.27. The van der Waals surface area contributed by atoms with Crippen LogP contribution >= 0.6 is 15.9 Å². The largest absolute Gasteiger partial charge is 0.446 e. The second kappa shape index (κ2) is 9.69. The van der Waals surface area contributed by atoms with Crippen LogP contribution in [0, 0.1) is 0 Å². The molecule has 0 radical (unpaired) electrons. The van der Waals surface area contributed by atoms with Crippen molar-refractivity contribution in [1.29, 1.82) is 0 Å². The van der Waals surface area contributed by atoms with Crippen LogP contribution in [0.5, 0.6) is 0 Å². The standard InChI is InChI=1S/C20H26BrN3O3/c1-5-13(3)22-19(25)17-12-27-18(23-17)11-24(14(4)6-2)20(26)15-8-7-9-16(21)10-15/h7-10,12-14H,5-6,11H2,1-4H3,(H,22,25). The van der Waals surface area contributed by atoms with E-state index >= 15 is 0 Å². The second-order valence-corrected chi connectivity index (χ2v) is 7.53. The highest BCUT2D eigenvalue weighted by molar-refractivity contribution is 9.10. The number of oxazole rings is 1. The monoisotopic (exact) mass is 435 g/mol. The number of hydrogen-bond donors (Lipinski definition) is 1. The van der Waals surface area contributed by atoms with Gasteiger partial charge in [-0.25, -0.2) is 4.98 Å². The average molecular weight is 436 g/mol. The van der Waals surface area contributed by atoms with Crippen LogP contribution in [0.25, 0.3) is 0 Å². The van der Waals surface area contributed by atoms with Crippen LogP contribution in [0.3, 0.4) is 0 Å². The van der Waals surface area contributed by atoms with Crippen molar-refractivity contribution in [3.05, 3.63) is 52.1 Å². The van der Waals surface area contributed by atoms with Crippen molar-refractivity contribution >= 4 is 27.7 Å². The van der Waals surface area contributed by atoms with Crippen molar-refractivity contribution in [2.75, 3.05) is 0 Å². The molecule has 0 saturated carbocycles. The maximum absolute atomic E-state index is 13.0. The molecule has 7 heteroatoms. The van der Waals surface area contributed by atoms with E-state index in [1.807, 2.05) is 39.8 Å². The Hall–Kier alpha value is -2.15. The molecule has 146 valence electrons. The van der Waals surface area contributed by atoms with Crippen LogP contribution in [0.1, 0.15) is 67.3 Å². The highest BCUT2D eigenvalue weighted by Gasteiger charge is 2.24. The Morgan fingerprint density at radius 1 is 1.26 bits per heavy atom. The summed E-state index contributed by atoms with van der Waals surface area (Å²) in [6.45, 7) is 8.13. The molecule has 27 heavy (non-hydrogen) atoms. The Bertz CT molecular complexity index is 790. The first kappa shape index (κ1) is 21.2. The number of aromatic nitrogens is 1. The third-order valence-electron chi connectivity index (χ3n) is 4.54. The quantitative estimate of drug-likeness (QED) is 0.666. The van der Waals surface area contributed by atoms with Crippen molar-refractivity contribution in [2.24, 2.45) is 0 Å². The van der Waals surface area contributed by atoms with E-state index in [9.17, 15) is 9.59 Å². The zero-order valence-electron chi connectivity index (χ0n) is 16.2. The summed E-state index contributed by atoms with van der Waals surface area (Å²) in [7, 11) is 0. The van der Waals surface area contributed by atoms with Gasteiger partial charge < -0.3 is 14.6 Å². The summed E-state index contributed by atoms with van der Waals surface area (Å²) in [6, 6.07) is 7.34. The highest BCUT2D eigenvalue weighted by Crippen LogP contribution is 2.18. The van der Waals surface area contributed by atoms with Crippen LogP contribution in [0.4, 0.5) is 0 Å². The molecule has 0 saturated heterocycles. The minimum atomic E-state index is -0.271. The van der Waals surface area contributed by atoms with Gasteiger partial charge in [0.2, 0.25) is 5.89 Å². The van der Waals surface area contributed by atoms with Gasteiger partial charge in [-0.1, -0.05) is 35.8 Å². The van der Waals surface area contributed by atoms with Gasteiger partial charge in [-0.3, -0.25) is 9.59 Å². The summed E-state index contributed by atoms with van der Waals surface area (Å²) in [5, 5.41) is 2.85. The number of nitrogens with zero attached hydrogens (tertiary/aromatic N) is 2. The molecule has 0 bridgehead atoms. The van der Waals surface area contributed by atoms with Crippen LogP contribution < -0.4 is 5.32 Å². The van der Waals surface area contributed by atoms with Crippen LogP contribution in [0.15, 0.2) is 39.4 Å². The molecule has 2 atom stereocenters. The van der Waals surface area contributed by atoms with Gasteiger partial charge in [0, 0.05) is 22.1 Å². The smallest absolute Gasteiger partial charge is 0.273 e. The Balaban J connectivity index is 2.17. The molecule has 0 aliphatic rings. The Morgan fingerprint density at radius 2 is 2.00 bits per heavy atom. The third kappa shape index (κ3) is 5.66. The lowest BCUT2D eigenvalue weighted by molar-refractivity contribution is 0.0652. The lowest BCUT2D eigenvalue weighted by atomic mass is 10.1. The molecule has 6 nitrogen and oxygen atoms in total. The molecule has 2 aromatic rings. The zero-order chi connectivity index (χ0) is 20.0. The summed E-state index contributed by atoms with van der Waals surface area (Å²) < 4.78 is 6.31. The molecule has 2 unspecified atom stereocenters. The number of hydrogen-bond acceptors (Lipinski definition) is 4. The van der Waals surface area contributed by atoms with E-state index in [1.54, 1.807) is 17.0 Å². The van der Waals surface area contributed by atoms with Crippen molar-refractivity contribution in [2.45, 2.75) is 59.2 Å². The lowest BCUT2D eigenvalue weighted by Crippen LogP contribution is -2.38. The number of halogens is 1. The molecule has 2 rings (SSSR count). The summed E-state index contributed by atoms with van der Waals surface area (Å²) in [6.07, 6.45) is 2.96. The van der Waals surface area contributed by atoms with Gasteiger partial charge in [0.25, 0.3) is 11.8 Å². The molecule has 1 N–H and O–H groups in total. The Kier molecular flexibility index (Phi) is 7.59. The summed E-state index contributed by atoms with van der Waals surface area (Å²) >= 11 is 3.40. The zero-order valence-corrected chi connectivity index (χ0v) is 17.7. The van der Waals surface area contributed by atoms with Gasteiger partial charge in [0.15, 0.2) is 5.69 Å².